The average Bonchev–Trinajstić information content (AvgIpc) is 3.86. The SMILES string of the molecule is NC(=O)c1c(-c2ccc(Oc3ccccc3)cc2)nn2c1NCCC2C1CCN(CC2CCN(CC3CCN(c4ccc5c(c4)CN(C4CCC(=O)NC4=O)C5=O)CC3)CC2)CC1. The van der Waals surface area contributed by atoms with Gasteiger partial charge in [0.25, 0.3) is 11.8 Å². The Morgan fingerprint density at radius 3 is 2.11 bits per heavy atom. The summed E-state index contributed by atoms with van der Waals surface area (Å²) in [6.07, 6.45) is 8.69. The van der Waals surface area contributed by atoms with E-state index in [1.54, 1.807) is 4.90 Å². The predicted molar refractivity (Wildman–Crippen MR) is 241 cm³/mol. The maximum atomic E-state index is 13.2. The van der Waals surface area contributed by atoms with Gasteiger partial charge in [-0.1, -0.05) is 18.2 Å². The van der Waals surface area contributed by atoms with Crippen LogP contribution in [0.5, 0.6) is 11.5 Å². The lowest BCUT2D eigenvalue weighted by Gasteiger charge is -2.41. The number of piperidine rings is 4. The first-order valence-corrected chi connectivity index (χ1v) is 23.2. The van der Waals surface area contributed by atoms with Crippen LogP contribution in [0.15, 0.2) is 72.8 Å². The van der Waals surface area contributed by atoms with Crippen LogP contribution in [-0.2, 0) is 16.1 Å². The topological polar surface area (TPSA) is 158 Å². The van der Waals surface area contributed by atoms with Crippen molar-refractivity contribution in [3.8, 4) is 22.8 Å². The van der Waals surface area contributed by atoms with Crippen LogP contribution in [0, 0.1) is 17.8 Å². The molecule has 4 amide bonds. The van der Waals surface area contributed by atoms with E-state index in [9.17, 15) is 19.2 Å². The Labute approximate surface area is 369 Å². The van der Waals surface area contributed by atoms with Crippen molar-refractivity contribution in [3.63, 3.8) is 0 Å². The number of nitrogens with zero attached hydrogens (tertiary/aromatic N) is 6. The van der Waals surface area contributed by atoms with Gasteiger partial charge in [0.2, 0.25) is 11.8 Å². The van der Waals surface area contributed by atoms with Crippen LogP contribution in [0.1, 0.15) is 90.1 Å². The summed E-state index contributed by atoms with van der Waals surface area (Å²) in [6, 6.07) is 23.2. The number of nitrogens with two attached hydrogens (primary N) is 1. The molecule has 6 aliphatic rings. The number of anilines is 2. The van der Waals surface area contributed by atoms with E-state index in [2.05, 4.69) is 42.1 Å². The third-order valence-corrected chi connectivity index (χ3v) is 14.7. The fraction of sp³-hybridized carbons (Fsp3) is 0.490. The highest BCUT2D eigenvalue weighted by molar-refractivity contribution is 6.06. The number of fused-ring (bicyclic) bond motifs is 2. The van der Waals surface area contributed by atoms with Crippen molar-refractivity contribution in [2.24, 2.45) is 23.5 Å². The molecule has 7 heterocycles. The Morgan fingerprint density at radius 2 is 1.43 bits per heavy atom. The minimum Gasteiger partial charge on any atom is -0.457 e. The van der Waals surface area contributed by atoms with Gasteiger partial charge in [0, 0.05) is 62.5 Å². The molecule has 14 heteroatoms. The number of hydrogen-bond acceptors (Lipinski definition) is 10. The molecule has 3 aromatic carbocycles. The Hall–Kier alpha value is -5.73. The second-order valence-electron chi connectivity index (χ2n) is 18.7. The lowest BCUT2D eigenvalue weighted by molar-refractivity contribution is -0.136. The summed E-state index contributed by atoms with van der Waals surface area (Å²) in [4.78, 5) is 59.7. The van der Waals surface area contributed by atoms with Crippen molar-refractivity contribution >= 4 is 35.1 Å². The normalized spacial score (nSPS) is 23.0. The smallest absolute Gasteiger partial charge is 0.255 e. The third-order valence-electron chi connectivity index (χ3n) is 14.7. The highest BCUT2D eigenvalue weighted by Gasteiger charge is 2.40. The van der Waals surface area contributed by atoms with Crippen LogP contribution >= 0.6 is 0 Å². The van der Waals surface area contributed by atoms with Gasteiger partial charge in [-0.05, 0) is 155 Å². The van der Waals surface area contributed by atoms with Crippen LogP contribution in [0.2, 0.25) is 0 Å². The van der Waals surface area contributed by atoms with Gasteiger partial charge < -0.3 is 35.4 Å². The Bertz CT molecular complexity index is 2330. The first kappa shape index (κ1) is 41.3. The first-order valence-electron chi connectivity index (χ1n) is 23.2. The molecule has 0 aliphatic carbocycles. The lowest BCUT2D eigenvalue weighted by atomic mass is 9.86. The van der Waals surface area contributed by atoms with Crippen molar-refractivity contribution in [3.05, 3.63) is 89.5 Å². The van der Waals surface area contributed by atoms with Crippen molar-refractivity contribution in [1.82, 2.24) is 29.8 Å². The van der Waals surface area contributed by atoms with E-state index >= 15 is 0 Å². The first-order chi connectivity index (χ1) is 30.7. The molecule has 1 aromatic heterocycles. The van der Waals surface area contributed by atoms with Gasteiger partial charge in [0.05, 0.1) is 6.04 Å². The molecule has 330 valence electrons. The summed E-state index contributed by atoms with van der Waals surface area (Å²) < 4.78 is 8.07. The van der Waals surface area contributed by atoms with E-state index in [1.807, 2.05) is 60.7 Å². The summed E-state index contributed by atoms with van der Waals surface area (Å²) >= 11 is 0. The maximum Gasteiger partial charge on any atom is 0.255 e. The minimum absolute atomic E-state index is 0.119. The largest absolute Gasteiger partial charge is 0.457 e. The molecule has 4 saturated heterocycles. The number of amides is 4. The lowest BCUT2D eigenvalue weighted by Crippen LogP contribution is -2.52. The van der Waals surface area contributed by atoms with Crippen molar-refractivity contribution < 1.29 is 23.9 Å². The number of para-hydroxylation sites is 1. The molecular formula is C49H59N9O5. The monoisotopic (exact) mass is 853 g/mol. The van der Waals surface area contributed by atoms with Crippen LogP contribution in [-0.4, -0.2) is 113 Å². The van der Waals surface area contributed by atoms with E-state index in [4.69, 9.17) is 15.6 Å². The van der Waals surface area contributed by atoms with Crippen LogP contribution in [0.25, 0.3) is 11.3 Å². The number of rotatable bonds is 11. The van der Waals surface area contributed by atoms with Gasteiger partial charge in [0.15, 0.2) is 0 Å². The number of imide groups is 1. The number of carbonyl (C=O) groups excluding carboxylic acids is 4. The molecule has 63 heavy (non-hydrogen) atoms. The molecule has 4 N–H and O–H groups in total. The van der Waals surface area contributed by atoms with E-state index in [0.717, 1.165) is 105 Å². The number of likely N-dealkylation sites (tertiary alicyclic amines) is 2. The molecule has 2 unspecified atom stereocenters. The number of primary amides is 1. The molecule has 0 bridgehead atoms. The van der Waals surface area contributed by atoms with Gasteiger partial charge >= 0.3 is 0 Å². The number of aromatic nitrogens is 2. The molecule has 6 aliphatic heterocycles. The number of ether oxygens (including phenoxy) is 1. The van der Waals surface area contributed by atoms with Crippen molar-refractivity contribution in [2.45, 2.75) is 76.4 Å². The number of nitrogens with one attached hydrogen (secondary N) is 2. The molecule has 14 nitrogen and oxygen atoms in total. The highest BCUT2D eigenvalue weighted by Crippen LogP contribution is 2.41. The highest BCUT2D eigenvalue weighted by atomic mass is 16.5. The van der Waals surface area contributed by atoms with Crippen LogP contribution in [0.3, 0.4) is 0 Å². The quantitative estimate of drug-likeness (QED) is 0.155. The third kappa shape index (κ3) is 8.67. The number of carbonyl (C=O) groups is 4. The van der Waals surface area contributed by atoms with Gasteiger partial charge in [-0.15, -0.1) is 0 Å². The standard InChI is InChI=1S/C49H59N9O5/c50-46(60)44-45(35-6-9-39(10-7-35)63-38-4-2-1-3-5-38)53-58-41(14-21-51-47(44)58)34-19-24-55(25-20-34)29-32-15-22-54(23-16-32)30-33-17-26-56(27-18-33)37-8-11-40-36(28-37)31-57(49(40)62)42-12-13-43(59)52-48(42)61/h1-11,28,32-34,41-42,51H,12-27,29-31H2,(H2,50,60)(H,52,59,61). The molecule has 4 fully saturated rings. The van der Waals surface area contributed by atoms with Crippen molar-refractivity contribution in [1.29, 1.82) is 0 Å². The average molecular weight is 854 g/mol. The van der Waals surface area contributed by atoms with Crippen LogP contribution < -0.4 is 26.0 Å². The summed E-state index contributed by atoms with van der Waals surface area (Å²) in [7, 11) is 0. The van der Waals surface area contributed by atoms with Crippen molar-refractivity contribution in [2.75, 3.05) is 69.1 Å². The number of hydrogen-bond donors (Lipinski definition) is 3. The Kier molecular flexibility index (Phi) is 11.7. The van der Waals surface area contributed by atoms with Gasteiger partial charge in [0.1, 0.15) is 34.6 Å². The molecule has 10 rings (SSSR count). The molecule has 2 atom stereocenters. The van der Waals surface area contributed by atoms with Gasteiger partial charge in [-0.3, -0.25) is 24.5 Å². The fourth-order valence-corrected chi connectivity index (χ4v) is 11.2. The Morgan fingerprint density at radius 1 is 0.762 bits per heavy atom. The predicted octanol–water partition coefficient (Wildman–Crippen LogP) is 5.90. The second-order valence-corrected chi connectivity index (χ2v) is 18.7. The summed E-state index contributed by atoms with van der Waals surface area (Å²) in [6.45, 7) is 10.1. The second kappa shape index (κ2) is 17.8. The summed E-state index contributed by atoms with van der Waals surface area (Å²) in [5.41, 5.74) is 10.7. The zero-order valence-corrected chi connectivity index (χ0v) is 36.1. The Balaban J connectivity index is 0.672. The number of benzene rings is 3. The fourth-order valence-electron chi connectivity index (χ4n) is 11.2. The van der Waals surface area contributed by atoms with Crippen LogP contribution in [0.4, 0.5) is 11.5 Å². The molecular weight excluding hydrogens is 795 g/mol. The summed E-state index contributed by atoms with van der Waals surface area (Å²) in [5, 5.41) is 10.9. The van der Waals surface area contributed by atoms with Gasteiger partial charge in [-0.2, -0.15) is 5.10 Å². The molecule has 0 spiro atoms. The summed E-state index contributed by atoms with van der Waals surface area (Å²) in [5.74, 6) is 2.93. The minimum atomic E-state index is -0.586. The zero-order valence-electron chi connectivity index (χ0n) is 36.1. The van der Waals surface area contributed by atoms with E-state index in [0.29, 0.717) is 41.6 Å². The maximum absolute atomic E-state index is 13.2. The van der Waals surface area contributed by atoms with E-state index in [-0.39, 0.29) is 30.2 Å². The zero-order chi connectivity index (χ0) is 43.0. The van der Waals surface area contributed by atoms with E-state index < -0.39 is 11.9 Å². The molecule has 0 radical (unpaired) electrons. The van der Waals surface area contributed by atoms with E-state index in [1.165, 1.54) is 39.0 Å². The van der Waals surface area contributed by atoms with Gasteiger partial charge in [-0.25, -0.2) is 4.68 Å². The molecule has 4 aromatic rings. The molecule has 0 saturated carbocycles.